The fraction of sp³-hybridized carbons (Fsp3) is 0.556. The largest absolute Gasteiger partial charge is 0.394 e. The number of aliphatic hydroxyl groups is 5. The monoisotopic (exact) mass is 652 g/mol. The Bertz CT molecular complexity index is 1380. The third kappa shape index (κ3) is 5.16. The molecule has 2 saturated heterocycles. The second kappa shape index (κ2) is 10.8. The van der Waals surface area contributed by atoms with Crippen molar-refractivity contribution in [3.63, 3.8) is 0 Å². The normalized spacial score (nSPS) is 33.3. The molecule has 2 aromatic heterocycles. The van der Waals surface area contributed by atoms with Crippen LogP contribution in [0.4, 0.5) is 13.3 Å². The standard InChI is InChI=1S/C9H9F3N2O6.C9H11IN2O5/c10-8(19)6(17)4(3-15)20-9(8,11)13-2-1-5(16)14(12)7(13)18;10-4-2-12(9(16)11-8(4)15)7-1-5(14)6(3-13)17-7/h1-2,4,6,15,17,19H,3H2;2,5-7,13-14H,1,3H2,(H,11,15,16)/t4-,6-,8-,9+;5-,6+,7?/m10/s1. The molecule has 206 valence electrons. The maximum Gasteiger partial charge on any atom is 0.364 e. The van der Waals surface area contributed by atoms with Gasteiger partial charge in [0, 0.05) is 24.9 Å². The minimum absolute atomic E-state index is 0.202. The lowest BCUT2D eigenvalue weighted by Crippen LogP contribution is -2.56. The number of hydrogen-bond acceptors (Lipinski definition) is 11. The average Bonchev–Trinajstić information content (AvgIpc) is 3.30. The highest BCUT2D eigenvalue weighted by Crippen LogP contribution is 2.45. The number of ether oxygens (including phenoxy) is 2. The Labute approximate surface area is 215 Å². The van der Waals surface area contributed by atoms with Gasteiger partial charge in [0.05, 0.1) is 22.9 Å². The Balaban J connectivity index is 0.000000208. The predicted molar refractivity (Wildman–Crippen MR) is 120 cm³/mol. The summed E-state index contributed by atoms with van der Waals surface area (Å²) < 4.78 is 52.2. The fourth-order valence-electron chi connectivity index (χ4n) is 3.54. The number of aromatic nitrogens is 4. The smallest absolute Gasteiger partial charge is 0.364 e. The van der Waals surface area contributed by atoms with Gasteiger partial charge in [-0.1, -0.05) is 9.27 Å². The summed E-state index contributed by atoms with van der Waals surface area (Å²) in [5, 5.41) is 45.9. The second-order valence-corrected chi connectivity index (χ2v) is 9.03. The number of rotatable bonds is 4. The van der Waals surface area contributed by atoms with Crippen molar-refractivity contribution in [1.82, 2.24) is 18.9 Å². The Morgan fingerprint density at radius 2 is 1.76 bits per heavy atom. The van der Waals surface area contributed by atoms with Crippen LogP contribution in [0, 0.1) is 3.57 Å². The van der Waals surface area contributed by atoms with Gasteiger partial charge in [0.2, 0.25) is 0 Å². The molecule has 4 rings (SSSR count). The van der Waals surface area contributed by atoms with E-state index in [0.29, 0.717) is 15.8 Å². The zero-order chi connectivity index (χ0) is 27.9. The van der Waals surface area contributed by atoms with E-state index in [9.17, 15) is 47.8 Å². The first-order chi connectivity index (χ1) is 17.2. The van der Waals surface area contributed by atoms with E-state index in [0.717, 1.165) is 0 Å². The minimum atomic E-state index is -4.15. The Morgan fingerprint density at radius 1 is 1.14 bits per heavy atom. The van der Waals surface area contributed by atoms with Gasteiger partial charge in [-0.2, -0.15) is 4.39 Å². The lowest BCUT2D eigenvalue weighted by atomic mass is 10.1. The summed E-state index contributed by atoms with van der Waals surface area (Å²) in [5.74, 6) is -8.17. The lowest BCUT2D eigenvalue weighted by molar-refractivity contribution is -0.326. The summed E-state index contributed by atoms with van der Waals surface area (Å²) in [7, 11) is 0. The number of halogens is 4. The topological polar surface area (TPSA) is 218 Å². The molecule has 0 aromatic carbocycles. The first-order valence-corrected chi connectivity index (χ1v) is 11.3. The van der Waals surface area contributed by atoms with Crippen LogP contribution in [0.5, 0.6) is 0 Å². The lowest BCUT2D eigenvalue weighted by Gasteiger charge is -2.29. The number of aliphatic hydroxyl groups excluding tert-OH is 4. The van der Waals surface area contributed by atoms with Gasteiger partial charge in [0.25, 0.3) is 11.1 Å². The Hall–Kier alpha value is -2.40. The van der Waals surface area contributed by atoms with Gasteiger partial charge in [0.1, 0.15) is 24.5 Å². The number of alkyl halides is 2. The molecule has 0 radical (unpaired) electrons. The van der Waals surface area contributed by atoms with Crippen LogP contribution in [0.15, 0.2) is 37.6 Å². The molecule has 4 heterocycles. The Kier molecular flexibility index (Phi) is 8.48. The maximum absolute atomic E-state index is 14.4. The quantitative estimate of drug-likeness (QED) is 0.178. The van der Waals surface area contributed by atoms with Crippen LogP contribution in [0.3, 0.4) is 0 Å². The highest BCUT2D eigenvalue weighted by molar-refractivity contribution is 14.1. The number of H-pyrrole nitrogens is 1. The zero-order valence-corrected chi connectivity index (χ0v) is 20.4. The second-order valence-electron chi connectivity index (χ2n) is 7.86. The van der Waals surface area contributed by atoms with E-state index in [1.165, 1.54) is 10.8 Å². The Morgan fingerprint density at radius 3 is 2.30 bits per heavy atom. The minimum Gasteiger partial charge on any atom is -0.394 e. The van der Waals surface area contributed by atoms with E-state index < -0.39 is 76.4 Å². The molecular formula is C18H20F3IN4O11. The third-order valence-electron chi connectivity index (χ3n) is 5.53. The van der Waals surface area contributed by atoms with Gasteiger partial charge >= 0.3 is 23.2 Å². The van der Waals surface area contributed by atoms with E-state index >= 15 is 0 Å². The first kappa shape index (κ1) is 29.2. The number of nitrogens with one attached hydrogen (secondary N) is 1. The number of aromatic amines is 1. The molecule has 19 heteroatoms. The van der Waals surface area contributed by atoms with E-state index in [4.69, 9.17) is 14.9 Å². The molecule has 2 fully saturated rings. The maximum atomic E-state index is 14.4. The third-order valence-corrected chi connectivity index (χ3v) is 6.29. The molecule has 0 saturated carbocycles. The highest BCUT2D eigenvalue weighted by atomic mass is 127. The van der Waals surface area contributed by atoms with Crippen LogP contribution in [-0.4, -0.2) is 87.9 Å². The van der Waals surface area contributed by atoms with Crippen molar-refractivity contribution in [3.05, 3.63) is 63.7 Å². The van der Waals surface area contributed by atoms with E-state index in [2.05, 4.69) is 9.72 Å². The van der Waals surface area contributed by atoms with Gasteiger partial charge in [-0.05, 0) is 22.6 Å². The van der Waals surface area contributed by atoms with Gasteiger partial charge in [-0.15, -0.1) is 0 Å². The van der Waals surface area contributed by atoms with Crippen LogP contribution in [-0.2, 0) is 15.5 Å². The van der Waals surface area contributed by atoms with Gasteiger partial charge in [0.15, 0.2) is 0 Å². The molecule has 6 N–H and O–H groups in total. The summed E-state index contributed by atoms with van der Waals surface area (Å²) in [5.41, 5.74) is -4.47. The summed E-state index contributed by atoms with van der Waals surface area (Å²) >= 11 is 1.80. The molecule has 0 aliphatic carbocycles. The molecule has 0 amide bonds. The first-order valence-electron chi connectivity index (χ1n) is 10.2. The van der Waals surface area contributed by atoms with Crippen LogP contribution in [0.2, 0.25) is 0 Å². The summed E-state index contributed by atoms with van der Waals surface area (Å²) in [6.07, 6.45) is -4.70. The van der Waals surface area contributed by atoms with Crippen LogP contribution < -0.4 is 22.5 Å². The molecule has 7 atom stereocenters. The van der Waals surface area contributed by atoms with Gasteiger partial charge < -0.3 is 35.0 Å². The van der Waals surface area contributed by atoms with Gasteiger partial charge in [-0.25, -0.2) is 18.5 Å². The summed E-state index contributed by atoms with van der Waals surface area (Å²) in [6, 6.07) is 0.376. The van der Waals surface area contributed by atoms with E-state index in [-0.39, 0.29) is 17.6 Å². The van der Waals surface area contributed by atoms with Crippen molar-refractivity contribution in [1.29, 1.82) is 0 Å². The number of hydrogen-bond donors (Lipinski definition) is 6. The molecule has 0 bridgehead atoms. The van der Waals surface area contributed by atoms with Crippen LogP contribution in [0.25, 0.3) is 0 Å². The van der Waals surface area contributed by atoms with Crippen molar-refractivity contribution < 1.29 is 48.3 Å². The average molecular weight is 652 g/mol. The van der Waals surface area contributed by atoms with Crippen molar-refractivity contribution >= 4 is 22.6 Å². The predicted octanol–water partition coefficient (Wildman–Crippen LogP) is -3.49. The van der Waals surface area contributed by atoms with Gasteiger partial charge in [-0.3, -0.25) is 19.1 Å². The van der Waals surface area contributed by atoms with Crippen molar-refractivity contribution in [2.75, 3.05) is 13.2 Å². The van der Waals surface area contributed by atoms with E-state index in [1.807, 2.05) is 0 Å². The SMILES string of the molecule is O=c1[nH]c(=O)n(C2C[C@H](O)[C@@H](CO)O2)cc1I.O=c1ccn([C@]2(F)O[C@H](CO)[C@@H](O)[C@]2(O)F)c(=O)n1F. The molecule has 2 aliphatic rings. The van der Waals surface area contributed by atoms with Crippen LogP contribution >= 0.6 is 22.6 Å². The molecule has 37 heavy (non-hydrogen) atoms. The highest BCUT2D eigenvalue weighted by Gasteiger charge is 2.70. The van der Waals surface area contributed by atoms with E-state index in [1.54, 1.807) is 22.6 Å². The number of nitrogens with zero attached hydrogens (tertiary/aromatic N) is 3. The fourth-order valence-corrected chi connectivity index (χ4v) is 3.97. The zero-order valence-electron chi connectivity index (χ0n) is 18.3. The van der Waals surface area contributed by atoms with Crippen molar-refractivity contribution in [2.45, 2.75) is 48.9 Å². The summed E-state index contributed by atoms with van der Waals surface area (Å²) in [6.45, 7) is -1.39. The molecule has 2 aliphatic heterocycles. The summed E-state index contributed by atoms with van der Waals surface area (Å²) in [4.78, 5) is 46.1. The van der Waals surface area contributed by atoms with Crippen LogP contribution in [0.1, 0.15) is 12.6 Å². The molecule has 0 spiro atoms. The molecule has 2 aromatic rings. The molecule has 15 nitrogen and oxygen atoms in total. The van der Waals surface area contributed by atoms with Crippen molar-refractivity contribution in [3.8, 4) is 0 Å². The molecular weight excluding hydrogens is 632 g/mol. The van der Waals surface area contributed by atoms with Crippen molar-refractivity contribution in [2.24, 2.45) is 0 Å². The molecule has 1 unspecified atom stereocenters.